The van der Waals surface area contributed by atoms with Crippen LogP contribution in [0.3, 0.4) is 0 Å². The number of nitrogens with one attached hydrogen (secondary N) is 1. The van der Waals surface area contributed by atoms with Gasteiger partial charge in [0.25, 0.3) is 5.91 Å². The van der Waals surface area contributed by atoms with Gasteiger partial charge in [0.05, 0.1) is 18.9 Å². The molecule has 0 aliphatic carbocycles. The van der Waals surface area contributed by atoms with E-state index in [1.54, 1.807) is 24.3 Å². The Morgan fingerprint density at radius 3 is 2.88 bits per heavy atom. The number of amides is 1. The van der Waals surface area contributed by atoms with Crippen molar-refractivity contribution in [3.63, 3.8) is 0 Å². The van der Waals surface area contributed by atoms with Crippen molar-refractivity contribution in [2.45, 2.75) is 0 Å². The van der Waals surface area contributed by atoms with E-state index < -0.39 is 5.91 Å². The minimum absolute atomic E-state index is 0.105. The first-order chi connectivity index (χ1) is 11.7. The Bertz CT molecular complexity index is 771. The van der Waals surface area contributed by atoms with Crippen molar-refractivity contribution in [2.24, 2.45) is 5.10 Å². The molecule has 0 atom stereocenters. The van der Waals surface area contributed by atoms with Gasteiger partial charge >= 0.3 is 0 Å². The lowest BCUT2D eigenvalue weighted by atomic mass is 10.2. The molecule has 0 spiro atoms. The summed E-state index contributed by atoms with van der Waals surface area (Å²) in [6, 6.07) is 9.70. The molecule has 0 aromatic heterocycles. The second-order valence-electron chi connectivity index (χ2n) is 4.96. The lowest BCUT2D eigenvalue weighted by Crippen LogP contribution is -2.18. The summed E-state index contributed by atoms with van der Waals surface area (Å²) in [6.45, 7) is 0.925. The molecule has 1 heterocycles. The number of phenolic OH excluding ortho intramolecular Hbond substituents is 1. The van der Waals surface area contributed by atoms with E-state index in [1.807, 2.05) is 0 Å². The molecule has 7 heteroatoms. The molecular formula is C17H16N2O5. The van der Waals surface area contributed by atoms with Gasteiger partial charge < -0.3 is 19.3 Å². The molecule has 1 aliphatic heterocycles. The molecule has 2 aromatic carbocycles. The number of carbonyl (C=O) groups excluding carboxylic acids is 1. The zero-order valence-corrected chi connectivity index (χ0v) is 13.0. The molecule has 7 nitrogen and oxygen atoms in total. The largest absolute Gasteiger partial charge is 0.507 e. The summed E-state index contributed by atoms with van der Waals surface area (Å²) in [5.41, 5.74) is 3.19. The number of benzene rings is 2. The van der Waals surface area contributed by atoms with Crippen LogP contribution in [0.4, 0.5) is 0 Å². The standard InChI is InChI=1S/C17H16N2O5/c1-22-14-8-11(9-15-16(14)24-7-6-23-15)10-18-19-17(21)12-4-2-3-5-13(12)20/h2-5,8-10,20H,6-7H2,1H3,(H,19,21)/b18-10-. The molecule has 2 aromatic rings. The van der Waals surface area contributed by atoms with Crippen LogP contribution in [0, 0.1) is 0 Å². The van der Waals surface area contributed by atoms with Gasteiger partial charge in [-0.2, -0.15) is 5.10 Å². The van der Waals surface area contributed by atoms with Crippen molar-refractivity contribution in [3.05, 3.63) is 47.5 Å². The second kappa shape index (κ2) is 6.91. The highest BCUT2D eigenvalue weighted by Crippen LogP contribution is 2.39. The number of hydrazone groups is 1. The molecule has 2 N–H and O–H groups in total. The molecule has 24 heavy (non-hydrogen) atoms. The molecule has 0 fully saturated rings. The fourth-order valence-corrected chi connectivity index (χ4v) is 2.26. The number of aromatic hydroxyl groups is 1. The Kier molecular flexibility index (Phi) is 4.51. The maximum Gasteiger partial charge on any atom is 0.275 e. The monoisotopic (exact) mass is 328 g/mol. The van der Waals surface area contributed by atoms with Gasteiger partial charge in [-0.15, -0.1) is 0 Å². The summed E-state index contributed by atoms with van der Waals surface area (Å²) in [4.78, 5) is 12.0. The number of para-hydroxylation sites is 1. The highest BCUT2D eigenvalue weighted by molar-refractivity contribution is 5.97. The zero-order valence-electron chi connectivity index (χ0n) is 13.0. The van der Waals surface area contributed by atoms with Gasteiger partial charge in [0.1, 0.15) is 19.0 Å². The van der Waals surface area contributed by atoms with E-state index in [0.717, 1.165) is 0 Å². The van der Waals surface area contributed by atoms with Crippen LogP contribution in [0.2, 0.25) is 0 Å². The lowest BCUT2D eigenvalue weighted by Gasteiger charge is -2.20. The van der Waals surface area contributed by atoms with Crippen molar-refractivity contribution < 1.29 is 24.1 Å². The van der Waals surface area contributed by atoms with Crippen LogP contribution in [0.1, 0.15) is 15.9 Å². The summed E-state index contributed by atoms with van der Waals surface area (Å²) in [6.07, 6.45) is 1.46. The first kappa shape index (κ1) is 15.7. The van der Waals surface area contributed by atoms with Gasteiger partial charge in [0, 0.05) is 5.56 Å². The maximum atomic E-state index is 12.0. The number of methoxy groups -OCH3 is 1. The molecule has 124 valence electrons. The first-order valence-corrected chi connectivity index (χ1v) is 7.28. The Morgan fingerprint density at radius 1 is 1.29 bits per heavy atom. The molecule has 0 unspecified atom stereocenters. The van der Waals surface area contributed by atoms with Gasteiger partial charge in [-0.1, -0.05) is 12.1 Å². The maximum absolute atomic E-state index is 12.0. The van der Waals surface area contributed by atoms with Crippen LogP contribution >= 0.6 is 0 Å². The smallest absolute Gasteiger partial charge is 0.275 e. The van der Waals surface area contributed by atoms with Gasteiger partial charge in [-0.3, -0.25) is 4.79 Å². The summed E-state index contributed by atoms with van der Waals surface area (Å²) < 4.78 is 16.3. The fourth-order valence-electron chi connectivity index (χ4n) is 2.26. The minimum atomic E-state index is -0.506. The van der Waals surface area contributed by atoms with Crippen LogP contribution in [-0.4, -0.2) is 37.6 Å². The van der Waals surface area contributed by atoms with Crippen molar-refractivity contribution in [2.75, 3.05) is 20.3 Å². The SMILES string of the molecule is COc1cc(/C=N\NC(=O)c2ccccc2O)cc2c1OCCO2. The Hall–Kier alpha value is -3.22. The van der Waals surface area contributed by atoms with Crippen LogP contribution in [0.25, 0.3) is 0 Å². The van der Waals surface area contributed by atoms with Crippen LogP contribution in [0.5, 0.6) is 23.0 Å². The normalized spacial score (nSPS) is 12.9. The molecule has 1 aliphatic rings. The third kappa shape index (κ3) is 3.24. The van der Waals surface area contributed by atoms with Crippen molar-refractivity contribution in [1.82, 2.24) is 5.43 Å². The van der Waals surface area contributed by atoms with Gasteiger partial charge in [0.15, 0.2) is 11.5 Å². The Morgan fingerprint density at radius 2 is 2.08 bits per heavy atom. The number of hydrogen-bond acceptors (Lipinski definition) is 6. The summed E-state index contributed by atoms with van der Waals surface area (Å²) in [5.74, 6) is 1.04. The van der Waals surface area contributed by atoms with E-state index in [1.165, 1.54) is 25.5 Å². The fraction of sp³-hybridized carbons (Fsp3) is 0.176. The predicted octanol–water partition coefficient (Wildman–Crippen LogP) is 1.94. The molecule has 0 saturated heterocycles. The zero-order chi connectivity index (χ0) is 16.9. The second-order valence-corrected chi connectivity index (χ2v) is 4.96. The number of hydrogen-bond donors (Lipinski definition) is 2. The van der Waals surface area contributed by atoms with E-state index in [0.29, 0.717) is 36.0 Å². The molecule has 3 rings (SSSR count). The Balaban J connectivity index is 1.75. The van der Waals surface area contributed by atoms with Crippen LogP contribution in [0.15, 0.2) is 41.5 Å². The third-order valence-electron chi connectivity index (χ3n) is 3.38. The van der Waals surface area contributed by atoms with Gasteiger partial charge in [0.2, 0.25) is 5.75 Å². The van der Waals surface area contributed by atoms with Crippen LogP contribution < -0.4 is 19.6 Å². The van der Waals surface area contributed by atoms with Crippen LogP contribution in [-0.2, 0) is 0 Å². The van der Waals surface area contributed by atoms with E-state index >= 15 is 0 Å². The van der Waals surface area contributed by atoms with Gasteiger partial charge in [-0.05, 0) is 24.3 Å². The van der Waals surface area contributed by atoms with E-state index in [-0.39, 0.29) is 11.3 Å². The number of nitrogens with zero attached hydrogens (tertiary/aromatic N) is 1. The molecule has 0 saturated carbocycles. The summed E-state index contributed by atoms with van der Waals surface area (Å²) >= 11 is 0. The average Bonchev–Trinajstić information content (AvgIpc) is 2.61. The number of rotatable bonds is 4. The summed E-state index contributed by atoms with van der Waals surface area (Å²) in [7, 11) is 1.54. The first-order valence-electron chi connectivity index (χ1n) is 7.28. The number of ether oxygens (including phenoxy) is 3. The highest BCUT2D eigenvalue weighted by atomic mass is 16.6. The van der Waals surface area contributed by atoms with E-state index in [2.05, 4.69) is 10.5 Å². The number of phenols is 1. The van der Waals surface area contributed by atoms with Crippen molar-refractivity contribution in [3.8, 4) is 23.0 Å². The quantitative estimate of drug-likeness (QED) is 0.661. The van der Waals surface area contributed by atoms with Gasteiger partial charge in [-0.25, -0.2) is 5.43 Å². The number of fused-ring (bicyclic) bond motifs is 1. The third-order valence-corrected chi connectivity index (χ3v) is 3.38. The topological polar surface area (TPSA) is 89.4 Å². The van der Waals surface area contributed by atoms with Crippen molar-refractivity contribution in [1.29, 1.82) is 0 Å². The molecular weight excluding hydrogens is 312 g/mol. The Labute approximate surface area is 138 Å². The molecule has 1 amide bonds. The summed E-state index contributed by atoms with van der Waals surface area (Å²) in [5, 5.41) is 13.5. The minimum Gasteiger partial charge on any atom is -0.507 e. The molecule has 0 bridgehead atoms. The van der Waals surface area contributed by atoms with E-state index in [4.69, 9.17) is 14.2 Å². The average molecular weight is 328 g/mol. The lowest BCUT2D eigenvalue weighted by molar-refractivity contribution is 0.0952. The number of carbonyl (C=O) groups is 1. The molecule has 0 radical (unpaired) electrons. The highest BCUT2D eigenvalue weighted by Gasteiger charge is 2.18. The van der Waals surface area contributed by atoms with Crippen molar-refractivity contribution >= 4 is 12.1 Å². The predicted molar refractivity (Wildman–Crippen MR) is 87.2 cm³/mol. The van der Waals surface area contributed by atoms with E-state index in [9.17, 15) is 9.90 Å².